The molecule has 7 heteroatoms. The Morgan fingerprint density at radius 1 is 1.04 bits per heavy atom. The van der Waals surface area contributed by atoms with Gasteiger partial charge in [-0.25, -0.2) is 9.59 Å². The Hall–Kier alpha value is -3.06. The molecule has 0 unspecified atom stereocenters. The van der Waals surface area contributed by atoms with Gasteiger partial charge < -0.3 is 24.2 Å². The Morgan fingerprint density at radius 2 is 1.72 bits per heavy atom. The molecule has 0 radical (unpaired) electrons. The quantitative estimate of drug-likeness (QED) is 0.853. The number of benzene rings is 2. The first-order valence-corrected chi connectivity index (χ1v) is 7.54. The van der Waals surface area contributed by atoms with Crippen molar-refractivity contribution in [2.24, 2.45) is 0 Å². The van der Waals surface area contributed by atoms with Crippen molar-refractivity contribution in [3.63, 3.8) is 0 Å². The predicted octanol–water partition coefficient (Wildman–Crippen LogP) is 1.94. The molecule has 7 nitrogen and oxygen atoms in total. The number of rotatable bonds is 3. The number of anilines is 1. The molecule has 0 bridgehead atoms. The molecule has 25 heavy (non-hydrogen) atoms. The summed E-state index contributed by atoms with van der Waals surface area (Å²) in [5.74, 6) is -1.21. The normalized spacial score (nSPS) is 14.6. The van der Waals surface area contributed by atoms with Gasteiger partial charge in [-0.1, -0.05) is 24.3 Å². The lowest BCUT2D eigenvalue weighted by Crippen LogP contribution is -2.38. The number of methoxy groups -OCH3 is 2. The van der Waals surface area contributed by atoms with Crippen molar-refractivity contribution >= 4 is 28.4 Å². The van der Waals surface area contributed by atoms with Crippen LogP contribution in [-0.4, -0.2) is 44.6 Å². The fourth-order valence-corrected chi connectivity index (χ4v) is 2.84. The largest absolute Gasteiger partial charge is 0.507 e. The molecule has 0 aliphatic carbocycles. The highest BCUT2D eigenvalue weighted by Gasteiger charge is 2.33. The van der Waals surface area contributed by atoms with E-state index in [1.165, 1.54) is 20.3 Å². The van der Waals surface area contributed by atoms with Crippen molar-refractivity contribution in [1.82, 2.24) is 0 Å². The third-order valence-corrected chi connectivity index (χ3v) is 4.00. The minimum absolute atomic E-state index is 0.0520. The molecule has 0 saturated carbocycles. The zero-order valence-corrected chi connectivity index (χ0v) is 13.8. The Kier molecular flexibility index (Phi) is 4.58. The summed E-state index contributed by atoms with van der Waals surface area (Å²) in [5, 5.41) is 11.4. The van der Waals surface area contributed by atoms with E-state index < -0.39 is 11.9 Å². The fraction of sp³-hybridized carbons (Fsp3) is 0.222. The smallest absolute Gasteiger partial charge is 0.355 e. The van der Waals surface area contributed by atoms with Crippen molar-refractivity contribution < 1.29 is 28.9 Å². The maximum atomic E-state index is 12.3. The standard InChI is InChI=1S/C18H17NO6/c1-23-17(21)13-9-25-10-19(16(13)18(22)24-2)14-7-8-15(20)12-6-4-3-5-11(12)14/h3-8,20H,9-10H2,1-2H3. The van der Waals surface area contributed by atoms with E-state index in [4.69, 9.17) is 14.2 Å². The van der Waals surface area contributed by atoms with Gasteiger partial charge in [0.05, 0.1) is 32.1 Å². The van der Waals surface area contributed by atoms with Crippen molar-refractivity contribution in [3.05, 3.63) is 47.7 Å². The second-order valence-electron chi connectivity index (χ2n) is 5.37. The van der Waals surface area contributed by atoms with E-state index in [0.29, 0.717) is 16.5 Å². The van der Waals surface area contributed by atoms with Crippen LogP contribution in [0.15, 0.2) is 47.7 Å². The molecule has 130 valence electrons. The van der Waals surface area contributed by atoms with Crippen molar-refractivity contribution in [1.29, 1.82) is 0 Å². The van der Waals surface area contributed by atoms with Crippen LogP contribution in [0.3, 0.4) is 0 Å². The van der Waals surface area contributed by atoms with E-state index in [9.17, 15) is 14.7 Å². The lowest BCUT2D eigenvalue weighted by Gasteiger charge is -2.32. The molecule has 1 N–H and O–H groups in total. The highest BCUT2D eigenvalue weighted by atomic mass is 16.5. The molecule has 1 aliphatic heterocycles. The topological polar surface area (TPSA) is 85.3 Å². The summed E-state index contributed by atoms with van der Waals surface area (Å²) in [4.78, 5) is 26.0. The van der Waals surface area contributed by atoms with E-state index in [2.05, 4.69) is 0 Å². The third kappa shape index (κ3) is 2.89. The average Bonchev–Trinajstić information content (AvgIpc) is 2.66. The second kappa shape index (κ2) is 6.82. The number of esters is 2. The van der Waals surface area contributed by atoms with Gasteiger partial charge in [0, 0.05) is 10.8 Å². The van der Waals surface area contributed by atoms with Gasteiger partial charge in [0.2, 0.25) is 0 Å². The molecule has 2 aromatic rings. The number of aromatic hydroxyl groups is 1. The van der Waals surface area contributed by atoms with Gasteiger partial charge >= 0.3 is 11.9 Å². The predicted molar refractivity (Wildman–Crippen MR) is 90.0 cm³/mol. The number of ether oxygens (including phenoxy) is 3. The van der Waals surface area contributed by atoms with Gasteiger partial charge in [0.1, 0.15) is 18.2 Å². The molecular weight excluding hydrogens is 326 g/mol. The van der Waals surface area contributed by atoms with Crippen LogP contribution in [0.4, 0.5) is 5.69 Å². The van der Waals surface area contributed by atoms with Crippen LogP contribution in [0.25, 0.3) is 10.8 Å². The van der Waals surface area contributed by atoms with Gasteiger partial charge in [-0.05, 0) is 12.1 Å². The molecule has 2 aromatic carbocycles. The molecule has 1 heterocycles. The zero-order chi connectivity index (χ0) is 18.0. The van der Waals surface area contributed by atoms with Gasteiger partial charge in [0.15, 0.2) is 0 Å². The zero-order valence-electron chi connectivity index (χ0n) is 13.8. The molecule has 0 atom stereocenters. The first-order chi connectivity index (χ1) is 12.1. The van der Waals surface area contributed by atoms with Crippen molar-refractivity contribution in [2.75, 3.05) is 32.5 Å². The highest BCUT2D eigenvalue weighted by molar-refractivity contribution is 6.06. The number of carbonyl (C=O) groups is 2. The highest BCUT2D eigenvalue weighted by Crippen LogP contribution is 2.36. The van der Waals surface area contributed by atoms with E-state index >= 15 is 0 Å². The minimum atomic E-state index is -0.666. The lowest BCUT2D eigenvalue weighted by atomic mass is 10.1. The molecule has 0 saturated heterocycles. The van der Waals surface area contributed by atoms with E-state index in [1.807, 2.05) is 12.1 Å². The fourth-order valence-electron chi connectivity index (χ4n) is 2.84. The monoisotopic (exact) mass is 343 g/mol. The summed E-state index contributed by atoms with van der Waals surface area (Å²) < 4.78 is 15.1. The summed E-state index contributed by atoms with van der Waals surface area (Å²) in [6.45, 7) is 0.00329. The van der Waals surface area contributed by atoms with E-state index in [0.717, 1.165) is 0 Å². The maximum Gasteiger partial charge on any atom is 0.355 e. The van der Waals surface area contributed by atoms with E-state index in [1.54, 1.807) is 23.1 Å². The van der Waals surface area contributed by atoms with Crippen LogP contribution in [0.2, 0.25) is 0 Å². The first-order valence-electron chi connectivity index (χ1n) is 7.54. The number of hydrogen-bond acceptors (Lipinski definition) is 7. The van der Waals surface area contributed by atoms with Gasteiger partial charge in [0.25, 0.3) is 0 Å². The summed E-state index contributed by atoms with van der Waals surface area (Å²) >= 11 is 0. The van der Waals surface area contributed by atoms with Crippen LogP contribution in [0, 0.1) is 0 Å². The van der Waals surface area contributed by atoms with Gasteiger partial charge in [-0.15, -0.1) is 0 Å². The lowest BCUT2D eigenvalue weighted by molar-refractivity contribution is -0.140. The van der Waals surface area contributed by atoms with Crippen molar-refractivity contribution in [3.8, 4) is 5.75 Å². The summed E-state index contributed by atoms with van der Waals surface area (Å²) in [6.07, 6.45) is 0. The number of hydrogen-bond donors (Lipinski definition) is 1. The number of carbonyl (C=O) groups excluding carboxylic acids is 2. The number of phenolic OH excluding ortho intramolecular Hbond substituents is 1. The Balaban J connectivity index is 2.23. The van der Waals surface area contributed by atoms with Crippen LogP contribution in [0.5, 0.6) is 5.75 Å². The van der Waals surface area contributed by atoms with E-state index in [-0.39, 0.29) is 30.4 Å². The summed E-state index contributed by atoms with van der Waals surface area (Å²) in [7, 11) is 2.48. The minimum Gasteiger partial charge on any atom is -0.507 e. The number of phenols is 1. The van der Waals surface area contributed by atoms with Crippen molar-refractivity contribution in [2.45, 2.75) is 0 Å². The summed E-state index contributed by atoms with van der Waals surface area (Å²) in [6, 6.07) is 10.4. The maximum absolute atomic E-state index is 12.3. The molecule has 3 rings (SSSR count). The van der Waals surface area contributed by atoms with Crippen LogP contribution >= 0.6 is 0 Å². The average molecular weight is 343 g/mol. The Bertz CT molecular complexity index is 873. The first kappa shape index (κ1) is 16.8. The molecule has 0 aromatic heterocycles. The van der Waals surface area contributed by atoms with Crippen LogP contribution in [0.1, 0.15) is 0 Å². The Labute approximate surface area is 144 Å². The molecule has 0 fully saturated rings. The molecule has 1 aliphatic rings. The van der Waals surface area contributed by atoms with Gasteiger partial charge in [-0.2, -0.15) is 0 Å². The Morgan fingerprint density at radius 3 is 2.40 bits per heavy atom. The number of fused-ring (bicyclic) bond motifs is 1. The molecule has 0 spiro atoms. The second-order valence-corrected chi connectivity index (χ2v) is 5.37. The van der Waals surface area contributed by atoms with Crippen LogP contribution in [-0.2, 0) is 23.8 Å². The summed E-state index contributed by atoms with van der Waals surface area (Å²) in [5.41, 5.74) is 0.754. The van der Waals surface area contributed by atoms with Crippen LogP contribution < -0.4 is 4.90 Å². The number of nitrogens with zero attached hydrogens (tertiary/aromatic N) is 1. The molecular formula is C18H17NO6. The van der Waals surface area contributed by atoms with Gasteiger partial charge in [-0.3, -0.25) is 0 Å². The SMILES string of the molecule is COC(=O)C1=C(C(=O)OC)N(c2ccc(O)c3ccccc23)COC1. The third-order valence-electron chi connectivity index (χ3n) is 4.00. The molecule has 0 amide bonds.